The minimum atomic E-state index is 0.914. The largest absolute Gasteiger partial charge is 0.455 e. The molecule has 0 radical (unpaired) electrons. The van der Waals surface area contributed by atoms with Gasteiger partial charge < -0.3 is 4.42 Å². The van der Waals surface area contributed by atoms with Gasteiger partial charge in [0.2, 0.25) is 0 Å². The van der Waals surface area contributed by atoms with Crippen molar-refractivity contribution in [3.05, 3.63) is 291 Å². The maximum absolute atomic E-state index is 6.59. The van der Waals surface area contributed by atoms with Crippen LogP contribution in [0.1, 0.15) is 0 Å². The third-order valence-corrected chi connectivity index (χ3v) is 15.9. The zero-order chi connectivity index (χ0) is 50.8. The first-order valence-electron chi connectivity index (χ1n) is 26.6. The van der Waals surface area contributed by atoms with Gasteiger partial charge in [-0.15, -0.1) is 0 Å². The van der Waals surface area contributed by atoms with Crippen molar-refractivity contribution in [2.45, 2.75) is 0 Å². The van der Waals surface area contributed by atoms with Gasteiger partial charge in [-0.1, -0.05) is 273 Å². The van der Waals surface area contributed by atoms with Crippen molar-refractivity contribution < 1.29 is 4.42 Å². The Bertz CT molecular complexity index is 4850. The zero-order valence-electron chi connectivity index (χ0n) is 42.1. The van der Waals surface area contributed by atoms with E-state index in [1.165, 1.54) is 131 Å². The van der Waals surface area contributed by atoms with Crippen LogP contribution in [0.25, 0.3) is 153 Å². The Morgan fingerprint density at radius 3 is 1.19 bits per heavy atom. The lowest BCUT2D eigenvalue weighted by Gasteiger charge is -2.19. The predicted molar refractivity (Wildman–Crippen MR) is 330 cm³/mol. The van der Waals surface area contributed by atoms with Crippen molar-refractivity contribution in [2.24, 2.45) is 0 Å². The molecule has 77 heavy (non-hydrogen) atoms. The molecule has 358 valence electrons. The van der Waals surface area contributed by atoms with Gasteiger partial charge in [0.1, 0.15) is 11.2 Å². The summed E-state index contributed by atoms with van der Waals surface area (Å²) >= 11 is 0. The van der Waals surface area contributed by atoms with Crippen molar-refractivity contribution in [1.29, 1.82) is 0 Å². The molecule has 16 aromatic rings. The van der Waals surface area contributed by atoms with Crippen molar-refractivity contribution in [3.8, 4) is 55.6 Å². The van der Waals surface area contributed by atoms with Crippen LogP contribution in [-0.4, -0.2) is 0 Å². The molecule has 1 nitrogen and oxygen atoms in total. The summed E-state index contributed by atoms with van der Waals surface area (Å²) in [6.45, 7) is 0. The molecule has 0 fully saturated rings. The molecular formula is C76H48O. The molecular weight excluding hydrogens is 929 g/mol. The second-order valence-corrected chi connectivity index (χ2v) is 20.2. The number of furan rings is 1. The highest BCUT2D eigenvalue weighted by molar-refractivity contribution is 6.28. The molecule has 0 saturated carbocycles. The fourth-order valence-corrected chi connectivity index (χ4v) is 12.5. The van der Waals surface area contributed by atoms with Gasteiger partial charge in [0, 0.05) is 16.2 Å². The number of rotatable bonds is 5. The molecule has 0 aliphatic heterocycles. The molecule has 0 unspecified atom stereocenters. The van der Waals surface area contributed by atoms with Crippen molar-refractivity contribution in [1.82, 2.24) is 0 Å². The topological polar surface area (TPSA) is 13.1 Å². The smallest absolute Gasteiger partial charge is 0.143 e. The van der Waals surface area contributed by atoms with E-state index in [1.54, 1.807) is 0 Å². The standard InChI is InChI=1S/C42H26O.C34H22/c1-2-11-27(12-3-1)28-21-23-30(24-22-28)39-32-15-6-8-17-34(32)40(35-18-9-7-16-33(35)39)36-19-10-20-38-41(36)37-26-25-29-13-4-5-14-31(29)42(37)43-38;1-2-12-25-22-26(21-20-23(25)10-1)33-29-15-5-7-17-31(29)34(32-18-8-6-16-30(32)33)28-19-9-13-24-11-3-4-14-27(24)28/h1-26H;1-22H. The summed E-state index contributed by atoms with van der Waals surface area (Å²) in [5.41, 5.74) is 14.4. The third kappa shape index (κ3) is 7.39. The maximum Gasteiger partial charge on any atom is 0.143 e. The van der Waals surface area contributed by atoms with Gasteiger partial charge in [-0.2, -0.15) is 0 Å². The Hall–Kier alpha value is -10.1. The fourth-order valence-electron chi connectivity index (χ4n) is 12.5. The molecule has 1 heterocycles. The first-order valence-corrected chi connectivity index (χ1v) is 26.6. The fraction of sp³-hybridized carbons (Fsp3) is 0. The van der Waals surface area contributed by atoms with Gasteiger partial charge in [-0.3, -0.25) is 0 Å². The summed E-state index contributed by atoms with van der Waals surface area (Å²) < 4.78 is 6.59. The summed E-state index contributed by atoms with van der Waals surface area (Å²) in [5.74, 6) is 0. The molecule has 0 amide bonds. The molecule has 16 rings (SSSR count). The van der Waals surface area contributed by atoms with E-state index in [1.807, 2.05) is 0 Å². The average Bonchev–Trinajstić information content (AvgIpc) is 4.05. The van der Waals surface area contributed by atoms with Gasteiger partial charge in [0.25, 0.3) is 0 Å². The van der Waals surface area contributed by atoms with E-state index in [0.29, 0.717) is 0 Å². The highest BCUT2D eigenvalue weighted by atomic mass is 16.3. The lowest BCUT2D eigenvalue weighted by Crippen LogP contribution is -1.91. The van der Waals surface area contributed by atoms with Gasteiger partial charge in [0.05, 0.1) is 0 Å². The van der Waals surface area contributed by atoms with E-state index in [4.69, 9.17) is 4.42 Å². The first kappa shape index (κ1) is 44.4. The highest BCUT2D eigenvalue weighted by Crippen LogP contribution is 2.49. The molecule has 0 N–H and O–H groups in total. The molecule has 1 heteroatoms. The van der Waals surface area contributed by atoms with E-state index in [9.17, 15) is 0 Å². The molecule has 0 saturated heterocycles. The monoisotopic (exact) mass is 976 g/mol. The third-order valence-electron chi connectivity index (χ3n) is 15.9. The second-order valence-electron chi connectivity index (χ2n) is 20.2. The van der Waals surface area contributed by atoms with Gasteiger partial charge in [-0.05, 0) is 144 Å². The number of benzene rings is 15. The Kier molecular flexibility index (Phi) is 10.6. The molecule has 0 aliphatic rings. The SMILES string of the molecule is c1ccc(-c2ccc(-c3c4ccccc4c(-c4cccc5oc6c7ccccc7ccc6c45)c4ccccc34)cc2)cc1.c1ccc2cc(-c3c4ccccc4c(-c4cccc5ccccc45)c4ccccc34)ccc2c1. The minimum absolute atomic E-state index is 0.914. The quantitative estimate of drug-likeness (QED) is 0.157. The van der Waals surface area contributed by atoms with Crippen LogP contribution in [-0.2, 0) is 0 Å². The van der Waals surface area contributed by atoms with Crippen molar-refractivity contribution in [2.75, 3.05) is 0 Å². The average molecular weight is 977 g/mol. The van der Waals surface area contributed by atoms with E-state index < -0.39 is 0 Å². The summed E-state index contributed by atoms with van der Waals surface area (Å²) in [6, 6.07) is 105. The zero-order valence-corrected chi connectivity index (χ0v) is 42.1. The number of hydrogen-bond acceptors (Lipinski definition) is 1. The van der Waals surface area contributed by atoms with Crippen LogP contribution in [0.4, 0.5) is 0 Å². The highest BCUT2D eigenvalue weighted by Gasteiger charge is 2.22. The first-order chi connectivity index (χ1) is 38.2. The summed E-state index contributed by atoms with van der Waals surface area (Å²) in [5, 5.41) is 19.9. The van der Waals surface area contributed by atoms with Gasteiger partial charge in [0.15, 0.2) is 0 Å². The van der Waals surface area contributed by atoms with E-state index in [-0.39, 0.29) is 0 Å². The molecule has 1 aromatic heterocycles. The molecule has 15 aromatic carbocycles. The lowest BCUT2D eigenvalue weighted by atomic mass is 9.84. The van der Waals surface area contributed by atoms with Crippen LogP contribution in [0.3, 0.4) is 0 Å². The Labute approximate surface area is 446 Å². The molecule has 0 aliphatic carbocycles. The van der Waals surface area contributed by atoms with Crippen LogP contribution in [0.15, 0.2) is 296 Å². The summed E-state index contributed by atoms with van der Waals surface area (Å²) in [7, 11) is 0. The molecule has 0 atom stereocenters. The lowest BCUT2D eigenvalue weighted by molar-refractivity contribution is 0.673. The maximum atomic E-state index is 6.59. The summed E-state index contributed by atoms with van der Waals surface area (Å²) in [4.78, 5) is 0. The van der Waals surface area contributed by atoms with E-state index >= 15 is 0 Å². The predicted octanol–water partition coefficient (Wildman–Crippen LogP) is 21.7. The van der Waals surface area contributed by atoms with Crippen molar-refractivity contribution >= 4 is 97.3 Å². The van der Waals surface area contributed by atoms with Gasteiger partial charge >= 0.3 is 0 Å². The van der Waals surface area contributed by atoms with Crippen LogP contribution >= 0.6 is 0 Å². The Balaban J connectivity index is 0.000000138. The normalized spacial score (nSPS) is 11.6. The van der Waals surface area contributed by atoms with Crippen LogP contribution in [0.5, 0.6) is 0 Å². The Morgan fingerprint density at radius 2 is 0.584 bits per heavy atom. The second kappa shape index (κ2) is 18.4. The number of hydrogen-bond donors (Lipinski definition) is 0. The Morgan fingerprint density at radius 1 is 0.195 bits per heavy atom. The van der Waals surface area contributed by atoms with Crippen LogP contribution < -0.4 is 0 Å². The van der Waals surface area contributed by atoms with E-state index in [0.717, 1.165) is 21.9 Å². The number of fused-ring (bicyclic) bond motifs is 11. The molecule has 0 bridgehead atoms. The summed E-state index contributed by atoms with van der Waals surface area (Å²) in [6.07, 6.45) is 0. The van der Waals surface area contributed by atoms with Crippen LogP contribution in [0, 0.1) is 0 Å². The van der Waals surface area contributed by atoms with Crippen LogP contribution in [0.2, 0.25) is 0 Å². The van der Waals surface area contributed by atoms with Gasteiger partial charge in [-0.25, -0.2) is 0 Å². The minimum Gasteiger partial charge on any atom is -0.455 e. The van der Waals surface area contributed by atoms with Crippen molar-refractivity contribution in [3.63, 3.8) is 0 Å². The van der Waals surface area contributed by atoms with E-state index in [2.05, 4.69) is 291 Å². The molecule has 0 spiro atoms.